The number of anilines is 2. The van der Waals surface area contributed by atoms with Crippen molar-refractivity contribution in [3.05, 3.63) is 63.7 Å². The molecular formula is C15H13F2N3O3. The zero-order chi connectivity index (χ0) is 17.0. The second-order valence-electron chi connectivity index (χ2n) is 4.77. The summed E-state index contributed by atoms with van der Waals surface area (Å²) in [6.07, 6.45) is 0. The van der Waals surface area contributed by atoms with Crippen LogP contribution in [0.25, 0.3) is 0 Å². The molecule has 2 aromatic carbocycles. The average Bonchev–Trinajstić information content (AvgIpc) is 2.44. The third kappa shape index (κ3) is 4.22. The van der Waals surface area contributed by atoms with Crippen LogP contribution in [0.4, 0.5) is 25.8 Å². The van der Waals surface area contributed by atoms with Crippen LogP contribution >= 0.6 is 0 Å². The van der Waals surface area contributed by atoms with Crippen molar-refractivity contribution in [2.24, 2.45) is 0 Å². The largest absolute Gasteiger partial charge is 0.376 e. The molecule has 0 radical (unpaired) electrons. The molecule has 0 heterocycles. The minimum atomic E-state index is -0.803. The smallest absolute Gasteiger partial charge is 0.274 e. The highest BCUT2D eigenvalue weighted by atomic mass is 19.1. The molecule has 8 heteroatoms. The van der Waals surface area contributed by atoms with Crippen molar-refractivity contribution in [1.82, 2.24) is 0 Å². The predicted octanol–water partition coefficient (Wildman–Crippen LogP) is 3.23. The fourth-order valence-electron chi connectivity index (χ4n) is 2.02. The maximum absolute atomic E-state index is 13.0. The molecule has 120 valence electrons. The maximum atomic E-state index is 13.0. The van der Waals surface area contributed by atoms with E-state index in [-0.39, 0.29) is 17.9 Å². The van der Waals surface area contributed by atoms with Crippen LogP contribution in [0.3, 0.4) is 0 Å². The lowest BCUT2D eigenvalue weighted by atomic mass is 10.1. The number of amides is 1. The molecule has 0 aliphatic heterocycles. The Morgan fingerprint density at radius 3 is 2.48 bits per heavy atom. The first-order valence-corrected chi connectivity index (χ1v) is 6.60. The summed E-state index contributed by atoms with van der Waals surface area (Å²) in [5.41, 5.74) is 0.745. The molecule has 0 aliphatic carbocycles. The monoisotopic (exact) mass is 321 g/mol. The van der Waals surface area contributed by atoms with Gasteiger partial charge in [-0.15, -0.1) is 0 Å². The van der Waals surface area contributed by atoms with Crippen molar-refractivity contribution in [2.75, 3.05) is 17.2 Å². The molecule has 0 saturated heterocycles. The van der Waals surface area contributed by atoms with E-state index in [4.69, 9.17) is 0 Å². The van der Waals surface area contributed by atoms with Gasteiger partial charge >= 0.3 is 0 Å². The first-order valence-electron chi connectivity index (χ1n) is 6.60. The Kier molecular flexibility index (Phi) is 4.85. The highest BCUT2D eigenvalue weighted by Gasteiger charge is 2.13. The quantitative estimate of drug-likeness (QED) is 0.654. The van der Waals surface area contributed by atoms with E-state index in [9.17, 15) is 23.7 Å². The van der Waals surface area contributed by atoms with Gasteiger partial charge in [-0.3, -0.25) is 14.9 Å². The van der Waals surface area contributed by atoms with E-state index in [1.165, 1.54) is 12.1 Å². The minimum Gasteiger partial charge on any atom is -0.376 e. The van der Waals surface area contributed by atoms with Gasteiger partial charge in [0.15, 0.2) is 0 Å². The average molecular weight is 321 g/mol. The number of benzene rings is 2. The number of rotatable bonds is 5. The van der Waals surface area contributed by atoms with Gasteiger partial charge in [-0.1, -0.05) is 6.07 Å². The number of carbonyl (C=O) groups excluding carboxylic acids is 1. The van der Waals surface area contributed by atoms with E-state index in [1.54, 1.807) is 13.0 Å². The molecule has 2 N–H and O–H groups in total. The molecule has 1 amide bonds. The molecule has 23 heavy (non-hydrogen) atoms. The maximum Gasteiger partial charge on any atom is 0.274 e. The first-order chi connectivity index (χ1) is 10.9. The van der Waals surface area contributed by atoms with E-state index in [0.717, 1.165) is 12.1 Å². The molecule has 2 aromatic rings. The summed E-state index contributed by atoms with van der Waals surface area (Å²) in [5.74, 6) is -2.15. The third-order valence-corrected chi connectivity index (χ3v) is 3.09. The van der Waals surface area contributed by atoms with Crippen LogP contribution in [0.15, 0.2) is 36.4 Å². The van der Waals surface area contributed by atoms with Gasteiger partial charge < -0.3 is 10.6 Å². The Morgan fingerprint density at radius 1 is 1.22 bits per heavy atom. The van der Waals surface area contributed by atoms with Gasteiger partial charge in [0.05, 0.1) is 11.5 Å². The summed E-state index contributed by atoms with van der Waals surface area (Å²) in [5, 5.41) is 15.9. The minimum absolute atomic E-state index is 0.00920. The van der Waals surface area contributed by atoms with Gasteiger partial charge in [0.25, 0.3) is 5.69 Å². The van der Waals surface area contributed by atoms with E-state index < -0.39 is 22.5 Å². The van der Waals surface area contributed by atoms with E-state index in [2.05, 4.69) is 10.6 Å². The van der Waals surface area contributed by atoms with E-state index in [0.29, 0.717) is 17.3 Å². The molecular weight excluding hydrogens is 308 g/mol. The summed E-state index contributed by atoms with van der Waals surface area (Å²) < 4.78 is 26.1. The number of hydrogen-bond acceptors (Lipinski definition) is 4. The number of nitrogens with zero attached hydrogens (tertiary/aromatic N) is 1. The second-order valence-corrected chi connectivity index (χ2v) is 4.77. The Bertz CT molecular complexity index is 745. The molecule has 6 nitrogen and oxygen atoms in total. The van der Waals surface area contributed by atoms with Crippen LogP contribution in [0.1, 0.15) is 5.56 Å². The Labute approximate surface area is 130 Å². The number of halogens is 2. The standard InChI is InChI=1S/C15H13F2N3O3/c1-9-13(3-2-4-14(9)20(22)23)18-8-15(21)19-12-6-10(16)5-11(17)7-12/h2-7,18H,8H2,1H3,(H,19,21). The molecule has 2 rings (SSSR count). The highest BCUT2D eigenvalue weighted by molar-refractivity contribution is 5.93. The Balaban J connectivity index is 2.02. The lowest BCUT2D eigenvalue weighted by molar-refractivity contribution is -0.385. The molecule has 0 spiro atoms. The first kappa shape index (κ1) is 16.3. The van der Waals surface area contributed by atoms with Crippen molar-refractivity contribution in [2.45, 2.75) is 6.92 Å². The van der Waals surface area contributed by atoms with Crippen molar-refractivity contribution < 1.29 is 18.5 Å². The third-order valence-electron chi connectivity index (χ3n) is 3.09. The normalized spacial score (nSPS) is 10.2. The Morgan fingerprint density at radius 2 is 1.87 bits per heavy atom. The summed E-state index contributed by atoms with van der Waals surface area (Å²) in [6, 6.07) is 7.11. The van der Waals surface area contributed by atoms with Crippen LogP contribution < -0.4 is 10.6 Å². The zero-order valence-electron chi connectivity index (χ0n) is 12.1. The summed E-state index contributed by atoms with van der Waals surface area (Å²) in [7, 11) is 0. The SMILES string of the molecule is Cc1c(NCC(=O)Nc2cc(F)cc(F)c2)cccc1[N+](=O)[O-]. The summed E-state index contributed by atoms with van der Waals surface area (Å²) in [4.78, 5) is 22.1. The van der Waals surface area contributed by atoms with E-state index in [1.807, 2.05) is 0 Å². The Hall–Kier alpha value is -3.03. The van der Waals surface area contributed by atoms with Crippen molar-refractivity contribution >= 4 is 23.0 Å². The van der Waals surface area contributed by atoms with Crippen LogP contribution in [0, 0.1) is 28.7 Å². The van der Waals surface area contributed by atoms with Crippen LogP contribution in [-0.4, -0.2) is 17.4 Å². The molecule has 0 unspecified atom stereocenters. The summed E-state index contributed by atoms with van der Waals surface area (Å²) in [6.45, 7) is 1.35. The topological polar surface area (TPSA) is 84.3 Å². The molecule has 0 aliphatic rings. The lowest BCUT2D eigenvalue weighted by Crippen LogP contribution is -2.22. The summed E-state index contributed by atoms with van der Waals surface area (Å²) >= 11 is 0. The molecule has 0 fully saturated rings. The van der Waals surface area contributed by atoms with Crippen molar-refractivity contribution in [3.8, 4) is 0 Å². The second kappa shape index (κ2) is 6.82. The van der Waals surface area contributed by atoms with Crippen LogP contribution in [-0.2, 0) is 4.79 Å². The lowest BCUT2D eigenvalue weighted by Gasteiger charge is -2.10. The number of nitro groups is 1. The molecule has 0 saturated carbocycles. The fourth-order valence-corrected chi connectivity index (χ4v) is 2.02. The van der Waals surface area contributed by atoms with E-state index >= 15 is 0 Å². The van der Waals surface area contributed by atoms with Crippen molar-refractivity contribution in [1.29, 1.82) is 0 Å². The van der Waals surface area contributed by atoms with Gasteiger partial charge in [-0.25, -0.2) is 8.78 Å². The van der Waals surface area contributed by atoms with Gasteiger partial charge in [0.1, 0.15) is 11.6 Å². The number of carbonyl (C=O) groups is 1. The predicted molar refractivity (Wildman–Crippen MR) is 81.3 cm³/mol. The molecule has 0 aromatic heterocycles. The number of nitrogens with one attached hydrogen (secondary N) is 2. The van der Waals surface area contributed by atoms with Crippen LogP contribution in [0.2, 0.25) is 0 Å². The number of hydrogen-bond donors (Lipinski definition) is 2. The van der Waals surface area contributed by atoms with Crippen LogP contribution in [0.5, 0.6) is 0 Å². The highest BCUT2D eigenvalue weighted by Crippen LogP contribution is 2.24. The zero-order valence-corrected chi connectivity index (χ0v) is 12.1. The van der Waals surface area contributed by atoms with Gasteiger partial charge in [0.2, 0.25) is 5.91 Å². The van der Waals surface area contributed by atoms with Gasteiger partial charge in [-0.05, 0) is 25.1 Å². The van der Waals surface area contributed by atoms with Gasteiger partial charge in [-0.2, -0.15) is 0 Å². The van der Waals surface area contributed by atoms with Gasteiger partial charge in [0, 0.05) is 29.1 Å². The van der Waals surface area contributed by atoms with Crippen molar-refractivity contribution in [3.63, 3.8) is 0 Å². The molecule has 0 bridgehead atoms. The number of nitro benzene ring substituents is 1. The molecule has 0 atom stereocenters. The fraction of sp³-hybridized carbons (Fsp3) is 0.133.